The van der Waals surface area contributed by atoms with Crippen molar-refractivity contribution in [2.75, 3.05) is 6.54 Å². The Morgan fingerprint density at radius 3 is 3.00 bits per heavy atom. The number of hydrogen-bond donors (Lipinski definition) is 1. The lowest BCUT2D eigenvalue weighted by Gasteiger charge is -2.19. The van der Waals surface area contributed by atoms with E-state index in [0.29, 0.717) is 5.92 Å². The fraction of sp³-hybridized carbons (Fsp3) is 0.857. The quantitative estimate of drug-likeness (QED) is 0.557. The Morgan fingerprint density at radius 1 is 1.78 bits per heavy atom. The molecular weight excluding hydrogens is 114 g/mol. The van der Waals surface area contributed by atoms with Crippen molar-refractivity contribution in [1.82, 2.24) is 5.32 Å². The number of nitrogens with one attached hydrogen (secondary N) is 1. The van der Waals surface area contributed by atoms with Crippen LogP contribution >= 0.6 is 0 Å². The zero-order valence-electron chi connectivity index (χ0n) is 5.81. The third-order valence-corrected chi connectivity index (χ3v) is 1.93. The predicted molar refractivity (Wildman–Crippen MR) is 36.0 cm³/mol. The van der Waals surface area contributed by atoms with Crippen molar-refractivity contribution < 1.29 is 4.79 Å². The van der Waals surface area contributed by atoms with E-state index in [-0.39, 0.29) is 5.91 Å². The Balaban J connectivity index is 2.32. The van der Waals surface area contributed by atoms with E-state index >= 15 is 0 Å². The average Bonchev–Trinajstić information content (AvgIpc) is 1.88. The number of rotatable bonds is 1. The number of piperidine rings is 1. The van der Waals surface area contributed by atoms with Crippen molar-refractivity contribution >= 4 is 5.91 Å². The number of carbonyl (C=O) groups is 1. The molecule has 1 rings (SSSR count). The molecule has 0 aliphatic carbocycles. The van der Waals surface area contributed by atoms with Crippen LogP contribution in [0.25, 0.3) is 0 Å². The molecule has 52 valence electrons. The van der Waals surface area contributed by atoms with Gasteiger partial charge in [-0.25, -0.2) is 0 Å². The molecule has 1 amide bonds. The molecule has 1 unspecified atom stereocenters. The van der Waals surface area contributed by atoms with Crippen molar-refractivity contribution in [3.63, 3.8) is 0 Å². The zero-order chi connectivity index (χ0) is 6.69. The summed E-state index contributed by atoms with van der Waals surface area (Å²) in [6, 6.07) is 0. The molecule has 1 atom stereocenters. The average molecular weight is 127 g/mol. The minimum atomic E-state index is 0.230. The Bertz CT molecular complexity index is 111. The lowest BCUT2D eigenvalue weighted by Crippen LogP contribution is -2.33. The molecular formula is C7H13NO. The van der Waals surface area contributed by atoms with Crippen molar-refractivity contribution in [3.8, 4) is 0 Å². The van der Waals surface area contributed by atoms with Gasteiger partial charge < -0.3 is 5.32 Å². The summed E-state index contributed by atoms with van der Waals surface area (Å²) in [5.74, 6) is 0.881. The highest BCUT2D eigenvalue weighted by Crippen LogP contribution is 2.14. The summed E-state index contributed by atoms with van der Waals surface area (Å²) in [7, 11) is 0. The molecule has 1 aliphatic heterocycles. The molecule has 1 heterocycles. The second-order valence-corrected chi connectivity index (χ2v) is 2.62. The van der Waals surface area contributed by atoms with Gasteiger partial charge in [-0.1, -0.05) is 13.3 Å². The van der Waals surface area contributed by atoms with Crippen molar-refractivity contribution in [3.05, 3.63) is 0 Å². The molecule has 0 spiro atoms. The Kier molecular flexibility index (Phi) is 2.09. The Morgan fingerprint density at radius 2 is 2.56 bits per heavy atom. The van der Waals surface area contributed by atoms with E-state index in [2.05, 4.69) is 12.2 Å². The number of amides is 1. The second-order valence-electron chi connectivity index (χ2n) is 2.62. The summed E-state index contributed by atoms with van der Waals surface area (Å²) in [5.41, 5.74) is 0. The summed E-state index contributed by atoms with van der Waals surface area (Å²) in [5, 5.41) is 2.81. The lowest BCUT2D eigenvalue weighted by atomic mass is 9.95. The smallest absolute Gasteiger partial charge is 0.220 e. The van der Waals surface area contributed by atoms with E-state index in [0.717, 1.165) is 19.4 Å². The topological polar surface area (TPSA) is 29.1 Å². The molecule has 1 fully saturated rings. The summed E-state index contributed by atoms with van der Waals surface area (Å²) in [6.07, 6.45) is 3.06. The van der Waals surface area contributed by atoms with E-state index in [9.17, 15) is 4.79 Å². The highest BCUT2D eigenvalue weighted by molar-refractivity contribution is 5.76. The fourth-order valence-electron chi connectivity index (χ4n) is 1.20. The molecule has 2 heteroatoms. The van der Waals surface area contributed by atoms with Gasteiger partial charge in [-0.2, -0.15) is 0 Å². The van der Waals surface area contributed by atoms with Crippen LogP contribution in [-0.2, 0) is 4.79 Å². The van der Waals surface area contributed by atoms with Gasteiger partial charge in [0.2, 0.25) is 5.91 Å². The predicted octanol–water partition coefficient (Wildman–Crippen LogP) is 0.923. The van der Waals surface area contributed by atoms with Gasteiger partial charge in [0.25, 0.3) is 0 Å². The minimum absolute atomic E-state index is 0.230. The first-order valence-electron chi connectivity index (χ1n) is 3.59. The van der Waals surface area contributed by atoms with Gasteiger partial charge in [0.05, 0.1) is 0 Å². The maximum Gasteiger partial charge on any atom is 0.220 e. The molecule has 9 heavy (non-hydrogen) atoms. The standard InChI is InChI=1S/C7H13NO/c1-2-6-3-4-8-7(9)5-6/h6H,2-5H2,1H3,(H,8,9). The van der Waals surface area contributed by atoms with Gasteiger partial charge in [-0.3, -0.25) is 4.79 Å². The third-order valence-electron chi connectivity index (χ3n) is 1.93. The van der Waals surface area contributed by atoms with Crippen LogP contribution in [0, 0.1) is 5.92 Å². The van der Waals surface area contributed by atoms with Crippen LogP contribution in [0.5, 0.6) is 0 Å². The normalized spacial score (nSPS) is 27.7. The fourth-order valence-corrected chi connectivity index (χ4v) is 1.20. The van der Waals surface area contributed by atoms with E-state index < -0.39 is 0 Å². The van der Waals surface area contributed by atoms with E-state index in [4.69, 9.17) is 0 Å². The summed E-state index contributed by atoms with van der Waals surface area (Å²) in [4.78, 5) is 10.7. The molecule has 0 saturated carbocycles. The van der Waals surface area contributed by atoms with Gasteiger partial charge in [0.1, 0.15) is 0 Å². The first kappa shape index (κ1) is 6.59. The van der Waals surface area contributed by atoms with E-state index in [1.807, 2.05) is 0 Å². The molecule has 0 radical (unpaired) electrons. The largest absolute Gasteiger partial charge is 0.356 e. The van der Waals surface area contributed by atoms with Crippen LogP contribution in [0.3, 0.4) is 0 Å². The summed E-state index contributed by atoms with van der Waals surface area (Å²) in [6.45, 7) is 3.03. The lowest BCUT2D eigenvalue weighted by molar-refractivity contribution is -0.123. The molecule has 1 saturated heterocycles. The molecule has 0 aromatic heterocycles. The monoisotopic (exact) mass is 127 g/mol. The van der Waals surface area contributed by atoms with Gasteiger partial charge in [-0.05, 0) is 12.3 Å². The highest BCUT2D eigenvalue weighted by atomic mass is 16.1. The molecule has 0 aromatic carbocycles. The van der Waals surface area contributed by atoms with Crippen LogP contribution in [0.15, 0.2) is 0 Å². The maximum absolute atomic E-state index is 10.7. The van der Waals surface area contributed by atoms with E-state index in [1.54, 1.807) is 0 Å². The van der Waals surface area contributed by atoms with Gasteiger partial charge >= 0.3 is 0 Å². The maximum atomic E-state index is 10.7. The minimum Gasteiger partial charge on any atom is -0.356 e. The van der Waals surface area contributed by atoms with Crippen LogP contribution in [0.4, 0.5) is 0 Å². The van der Waals surface area contributed by atoms with Gasteiger partial charge in [-0.15, -0.1) is 0 Å². The number of carbonyl (C=O) groups excluding carboxylic acids is 1. The van der Waals surface area contributed by atoms with Gasteiger partial charge in [0.15, 0.2) is 0 Å². The summed E-state index contributed by atoms with van der Waals surface area (Å²) < 4.78 is 0. The van der Waals surface area contributed by atoms with Crippen LogP contribution < -0.4 is 5.32 Å². The molecule has 1 aliphatic rings. The van der Waals surface area contributed by atoms with Crippen LogP contribution in [-0.4, -0.2) is 12.5 Å². The van der Waals surface area contributed by atoms with Crippen molar-refractivity contribution in [1.29, 1.82) is 0 Å². The molecule has 2 nitrogen and oxygen atoms in total. The van der Waals surface area contributed by atoms with Crippen LogP contribution in [0.1, 0.15) is 26.2 Å². The van der Waals surface area contributed by atoms with Crippen molar-refractivity contribution in [2.45, 2.75) is 26.2 Å². The van der Waals surface area contributed by atoms with E-state index in [1.165, 1.54) is 6.42 Å². The molecule has 0 aromatic rings. The first-order valence-corrected chi connectivity index (χ1v) is 3.59. The Hall–Kier alpha value is -0.530. The molecule has 1 N–H and O–H groups in total. The second kappa shape index (κ2) is 2.85. The van der Waals surface area contributed by atoms with Gasteiger partial charge in [0, 0.05) is 13.0 Å². The summed E-state index contributed by atoms with van der Waals surface area (Å²) >= 11 is 0. The van der Waals surface area contributed by atoms with Crippen LogP contribution in [0.2, 0.25) is 0 Å². The first-order chi connectivity index (χ1) is 4.33. The highest BCUT2D eigenvalue weighted by Gasteiger charge is 2.16. The van der Waals surface area contributed by atoms with Crippen molar-refractivity contribution in [2.24, 2.45) is 5.92 Å². The Labute approximate surface area is 55.6 Å². The third kappa shape index (κ3) is 1.70. The molecule has 0 bridgehead atoms. The zero-order valence-corrected chi connectivity index (χ0v) is 5.81. The SMILES string of the molecule is CCC1CCNC(=O)C1. The number of hydrogen-bond acceptors (Lipinski definition) is 1.